The molecule has 2 rings (SSSR count). The number of aliphatic hydroxyl groups is 1. The number of aliphatic hydroxyl groups excluding tert-OH is 1. The average Bonchev–Trinajstić information content (AvgIpc) is 3.21. The van der Waals surface area contributed by atoms with E-state index in [2.05, 4.69) is 20.9 Å². The van der Waals surface area contributed by atoms with Crippen LogP contribution in [0.25, 0.3) is 10.9 Å². The van der Waals surface area contributed by atoms with Gasteiger partial charge in [-0.25, -0.2) is 4.79 Å². The van der Waals surface area contributed by atoms with Crippen molar-refractivity contribution in [2.45, 2.75) is 37.4 Å². The summed E-state index contributed by atoms with van der Waals surface area (Å²) < 4.78 is 0. The Balaban J connectivity index is 2.14. The highest BCUT2D eigenvalue weighted by Crippen LogP contribution is 2.19. The van der Waals surface area contributed by atoms with Crippen LogP contribution in [0.2, 0.25) is 0 Å². The van der Waals surface area contributed by atoms with Crippen LogP contribution in [0, 0.1) is 0 Å². The smallest absolute Gasteiger partial charge is 0.326 e. The first kappa shape index (κ1) is 26.3. The number of carboxylic acids is 2. The number of aromatic amines is 1. The van der Waals surface area contributed by atoms with Gasteiger partial charge < -0.3 is 42.0 Å². The number of amides is 3. The summed E-state index contributed by atoms with van der Waals surface area (Å²) in [6, 6.07) is 3.07. The van der Waals surface area contributed by atoms with Crippen molar-refractivity contribution in [1.82, 2.24) is 20.9 Å². The zero-order valence-corrected chi connectivity index (χ0v) is 18.1. The van der Waals surface area contributed by atoms with Crippen molar-refractivity contribution in [3.05, 3.63) is 36.0 Å². The van der Waals surface area contributed by atoms with Crippen LogP contribution < -0.4 is 21.7 Å². The van der Waals surface area contributed by atoms with Crippen LogP contribution in [-0.4, -0.2) is 81.2 Å². The number of hydrogen-bond donors (Lipinski definition) is 8. The van der Waals surface area contributed by atoms with Gasteiger partial charge in [0.25, 0.3) is 0 Å². The molecule has 0 aliphatic rings. The molecule has 2 aromatic rings. The molecule has 0 aliphatic carbocycles. The van der Waals surface area contributed by atoms with Gasteiger partial charge in [-0.2, -0.15) is 0 Å². The molecule has 0 fully saturated rings. The number of carbonyl (C=O) groups is 5. The molecule has 1 heterocycles. The lowest BCUT2D eigenvalue weighted by Crippen LogP contribution is -2.57. The number of carboxylic acid groups (broad SMARTS) is 2. The molecule has 13 heteroatoms. The minimum atomic E-state index is -1.54. The lowest BCUT2D eigenvalue weighted by Gasteiger charge is -2.23. The van der Waals surface area contributed by atoms with Crippen LogP contribution >= 0.6 is 0 Å². The van der Waals surface area contributed by atoms with Crippen LogP contribution in [0.15, 0.2) is 30.5 Å². The van der Waals surface area contributed by atoms with Crippen molar-refractivity contribution >= 4 is 40.6 Å². The Morgan fingerprint density at radius 1 is 0.941 bits per heavy atom. The maximum atomic E-state index is 12.9. The summed E-state index contributed by atoms with van der Waals surface area (Å²) >= 11 is 0. The van der Waals surface area contributed by atoms with Gasteiger partial charge in [0, 0.05) is 29.9 Å². The first-order valence-electron chi connectivity index (χ1n) is 10.4. The summed E-state index contributed by atoms with van der Waals surface area (Å²) in [6.45, 7) is -1.25. The summed E-state index contributed by atoms with van der Waals surface area (Å²) in [4.78, 5) is 62.3. The molecule has 0 radical (unpaired) electrons. The van der Waals surface area contributed by atoms with Gasteiger partial charge in [0.1, 0.15) is 18.1 Å². The number of H-pyrrole nitrogens is 1. The molecule has 1 aromatic heterocycles. The number of rotatable bonds is 13. The molecule has 0 aliphatic heterocycles. The highest BCUT2D eigenvalue weighted by molar-refractivity contribution is 5.94. The van der Waals surface area contributed by atoms with Crippen LogP contribution in [0.4, 0.5) is 0 Å². The number of carbonyl (C=O) groups excluding carboxylic acids is 3. The number of aromatic nitrogens is 1. The van der Waals surface area contributed by atoms with Crippen LogP contribution in [-0.2, 0) is 30.4 Å². The predicted octanol–water partition coefficient (Wildman–Crippen LogP) is -1.93. The Morgan fingerprint density at radius 3 is 2.21 bits per heavy atom. The van der Waals surface area contributed by atoms with E-state index in [1.165, 1.54) is 0 Å². The fraction of sp³-hybridized carbons (Fsp3) is 0.381. The number of nitrogens with one attached hydrogen (secondary N) is 4. The molecule has 13 nitrogen and oxygen atoms in total. The maximum Gasteiger partial charge on any atom is 0.326 e. The molecule has 3 unspecified atom stereocenters. The molecule has 0 saturated heterocycles. The first-order chi connectivity index (χ1) is 16.2. The molecule has 3 amide bonds. The van der Waals surface area contributed by atoms with Gasteiger partial charge in [-0.15, -0.1) is 0 Å². The minimum absolute atomic E-state index is 0.0394. The van der Waals surface area contributed by atoms with Crippen LogP contribution in [0.1, 0.15) is 18.4 Å². The van der Waals surface area contributed by atoms with Gasteiger partial charge in [0.15, 0.2) is 0 Å². The number of fused-ring (bicyclic) bond motifs is 1. The van der Waals surface area contributed by atoms with Gasteiger partial charge >= 0.3 is 11.9 Å². The number of nitrogens with two attached hydrogens (primary N) is 1. The molecule has 0 spiro atoms. The summed E-state index contributed by atoms with van der Waals surface area (Å²) in [5.74, 6) is -5.17. The summed E-state index contributed by atoms with van der Waals surface area (Å²) in [5, 5.41) is 35.2. The van der Waals surface area contributed by atoms with Crippen molar-refractivity contribution in [2.75, 3.05) is 13.2 Å². The zero-order chi connectivity index (χ0) is 25.3. The second kappa shape index (κ2) is 12.3. The standard InChI is InChI=1S/C21H27N5O8/c22-8-17(28)24-15(7-11-9-23-13-4-2-1-3-12(11)13)19(31)26-16(10-27)20(32)25-14(21(33)34)5-6-18(29)30/h1-4,9,14-16,23,27H,5-8,10,22H2,(H,24,28)(H,25,32)(H,26,31)(H,29,30)(H,33,34). The zero-order valence-electron chi connectivity index (χ0n) is 18.1. The van der Waals surface area contributed by atoms with Gasteiger partial charge in [-0.3, -0.25) is 19.2 Å². The average molecular weight is 477 g/mol. The van der Waals surface area contributed by atoms with Crippen LogP contribution in [0.3, 0.4) is 0 Å². The molecule has 3 atom stereocenters. The third kappa shape index (κ3) is 7.28. The monoisotopic (exact) mass is 477 g/mol. The van der Waals surface area contributed by atoms with Crippen molar-refractivity contribution in [1.29, 1.82) is 0 Å². The number of benzene rings is 1. The molecule has 184 valence electrons. The molecular weight excluding hydrogens is 450 g/mol. The molecular formula is C21H27N5O8. The first-order valence-corrected chi connectivity index (χ1v) is 10.4. The van der Waals surface area contributed by atoms with Crippen molar-refractivity contribution in [3.8, 4) is 0 Å². The molecule has 1 aromatic carbocycles. The van der Waals surface area contributed by atoms with Gasteiger partial charge in [-0.05, 0) is 18.1 Å². The molecule has 34 heavy (non-hydrogen) atoms. The fourth-order valence-corrected chi connectivity index (χ4v) is 3.25. The number of aliphatic carboxylic acids is 2. The minimum Gasteiger partial charge on any atom is -0.481 e. The molecule has 0 saturated carbocycles. The second-order valence-electron chi connectivity index (χ2n) is 7.46. The number of hydrogen-bond acceptors (Lipinski definition) is 7. The fourth-order valence-electron chi connectivity index (χ4n) is 3.25. The maximum absolute atomic E-state index is 12.9. The molecule has 0 bridgehead atoms. The predicted molar refractivity (Wildman–Crippen MR) is 118 cm³/mol. The third-order valence-corrected chi connectivity index (χ3v) is 5.01. The van der Waals surface area contributed by atoms with E-state index in [1.807, 2.05) is 24.3 Å². The Hall–Kier alpha value is -3.97. The van der Waals surface area contributed by atoms with Crippen LogP contribution in [0.5, 0.6) is 0 Å². The van der Waals surface area contributed by atoms with E-state index in [-0.39, 0.29) is 13.0 Å². The lowest BCUT2D eigenvalue weighted by molar-refractivity contribution is -0.143. The summed E-state index contributed by atoms with van der Waals surface area (Å²) in [7, 11) is 0. The van der Waals surface area contributed by atoms with E-state index < -0.39 is 67.2 Å². The van der Waals surface area contributed by atoms with Gasteiger partial charge in [-0.1, -0.05) is 18.2 Å². The van der Waals surface area contributed by atoms with E-state index in [0.29, 0.717) is 5.56 Å². The number of para-hydroxylation sites is 1. The SMILES string of the molecule is NCC(=O)NC(Cc1c[nH]c2ccccc12)C(=O)NC(CO)C(=O)NC(CCC(=O)O)C(=O)O. The van der Waals surface area contributed by atoms with E-state index in [4.69, 9.17) is 10.8 Å². The Bertz CT molecular complexity index is 1050. The van der Waals surface area contributed by atoms with E-state index in [9.17, 15) is 34.2 Å². The van der Waals surface area contributed by atoms with Gasteiger partial charge in [0.2, 0.25) is 17.7 Å². The van der Waals surface area contributed by atoms with E-state index >= 15 is 0 Å². The van der Waals surface area contributed by atoms with E-state index in [0.717, 1.165) is 10.9 Å². The topological polar surface area (TPSA) is 224 Å². The highest BCUT2D eigenvalue weighted by atomic mass is 16.4. The Kier molecular flexibility index (Phi) is 9.52. The van der Waals surface area contributed by atoms with Crippen molar-refractivity contribution < 1.29 is 39.3 Å². The third-order valence-electron chi connectivity index (χ3n) is 5.01. The van der Waals surface area contributed by atoms with E-state index in [1.54, 1.807) is 6.20 Å². The molecule has 9 N–H and O–H groups in total. The quantitative estimate of drug-likeness (QED) is 0.160. The lowest BCUT2D eigenvalue weighted by atomic mass is 10.0. The van der Waals surface area contributed by atoms with Crippen molar-refractivity contribution in [3.63, 3.8) is 0 Å². The van der Waals surface area contributed by atoms with Gasteiger partial charge in [0.05, 0.1) is 13.2 Å². The van der Waals surface area contributed by atoms with Crippen molar-refractivity contribution in [2.24, 2.45) is 5.73 Å². The Labute approximate surface area is 193 Å². The Morgan fingerprint density at radius 2 is 1.59 bits per heavy atom. The second-order valence-corrected chi connectivity index (χ2v) is 7.46. The summed E-state index contributed by atoms with van der Waals surface area (Å²) in [5.41, 5.74) is 6.86. The normalized spacial score (nSPS) is 13.5. The highest BCUT2D eigenvalue weighted by Gasteiger charge is 2.29. The summed E-state index contributed by atoms with van der Waals surface area (Å²) in [6.07, 6.45) is 0.816. The largest absolute Gasteiger partial charge is 0.481 e.